The van der Waals surface area contributed by atoms with Crippen molar-refractivity contribution >= 4 is 5.91 Å². The lowest BCUT2D eigenvalue weighted by Gasteiger charge is -2.38. The van der Waals surface area contributed by atoms with Gasteiger partial charge in [-0.15, -0.1) is 0 Å². The van der Waals surface area contributed by atoms with Crippen molar-refractivity contribution in [1.29, 1.82) is 0 Å². The zero-order valence-corrected chi connectivity index (χ0v) is 16.4. The van der Waals surface area contributed by atoms with E-state index in [1.165, 1.54) is 23.1 Å². The fourth-order valence-electron chi connectivity index (χ4n) is 3.89. The van der Waals surface area contributed by atoms with E-state index in [9.17, 15) is 45.6 Å². The highest BCUT2D eigenvalue weighted by molar-refractivity contribution is 5.96. The number of hydrogen-bond acceptors (Lipinski definition) is 9. The summed E-state index contributed by atoms with van der Waals surface area (Å²) in [6.45, 7) is -0.157. The van der Waals surface area contributed by atoms with E-state index in [0.29, 0.717) is 11.1 Å². The van der Waals surface area contributed by atoms with E-state index in [4.69, 9.17) is 0 Å². The van der Waals surface area contributed by atoms with Gasteiger partial charge in [-0.05, 0) is 47.9 Å². The number of nitrogens with zero attached hydrogens (tertiary/aromatic N) is 1. The second kappa shape index (κ2) is 7.34. The fraction of sp³-hybridized carbons (Fsp3) is 0.136. The molecule has 0 saturated carbocycles. The summed E-state index contributed by atoms with van der Waals surface area (Å²) >= 11 is 0. The molecule has 0 aliphatic carbocycles. The monoisotopic (exact) mass is 441 g/mol. The zero-order valence-electron chi connectivity index (χ0n) is 16.4. The van der Waals surface area contributed by atoms with Gasteiger partial charge in [-0.1, -0.05) is 0 Å². The summed E-state index contributed by atoms with van der Waals surface area (Å²) in [5.41, 5.74) is 0.940. The minimum Gasteiger partial charge on any atom is -0.508 e. The predicted molar refractivity (Wildman–Crippen MR) is 109 cm³/mol. The van der Waals surface area contributed by atoms with Crippen molar-refractivity contribution in [3.05, 3.63) is 58.7 Å². The van der Waals surface area contributed by atoms with Crippen LogP contribution in [0.1, 0.15) is 33.1 Å². The zero-order chi connectivity index (χ0) is 23.3. The molecule has 0 spiro atoms. The Kier molecular flexibility index (Phi) is 4.77. The molecule has 10 heteroatoms. The number of benzene rings is 3. The first-order valence-electron chi connectivity index (χ1n) is 9.41. The van der Waals surface area contributed by atoms with Crippen molar-refractivity contribution in [3.63, 3.8) is 0 Å². The molecule has 1 aliphatic heterocycles. The highest BCUT2D eigenvalue weighted by Gasteiger charge is 2.34. The van der Waals surface area contributed by atoms with Crippen LogP contribution < -0.4 is 0 Å². The molecule has 3 aromatic rings. The van der Waals surface area contributed by atoms with Gasteiger partial charge in [0, 0.05) is 17.2 Å². The van der Waals surface area contributed by atoms with Gasteiger partial charge < -0.3 is 45.8 Å². The molecule has 32 heavy (non-hydrogen) atoms. The van der Waals surface area contributed by atoms with Crippen molar-refractivity contribution in [3.8, 4) is 46.0 Å². The molecular formula is C22H19NO9. The molecule has 1 atom stereocenters. The number of phenols is 8. The van der Waals surface area contributed by atoms with Gasteiger partial charge in [0.15, 0.2) is 34.5 Å². The molecule has 1 heterocycles. The lowest BCUT2D eigenvalue weighted by molar-refractivity contribution is 0.0634. The van der Waals surface area contributed by atoms with Crippen LogP contribution in [0.2, 0.25) is 0 Å². The first-order chi connectivity index (χ1) is 15.1. The Balaban J connectivity index is 1.86. The van der Waals surface area contributed by atoms with Crippen LogP contribution in [0, 0.1) is 0 Å². The maximum Gasteiger partial charge on any atom is 0.254 e. The molecule has 8 N–H and O–H groups in total. The average Bonchev–Trinajstić information content (AvgIpc) is 2.73. The first-order valence-corrected chi connectivity index (χ1v) is 9.41. The highest BCUT2D eigenvalue weighted by atomic mass is 16.3. The standard InChI is InChI=1S/C22H19NO9/c24-12-1-9-2-14(10-3-16(26)20(30)17(27)4-10)23(8-13(9)15(25)7-12)22(32)11-5-18(28)21(31)19(29)6-11/h1,3-7,14,24-31H,2,8H2. The van der Waals surface area contributed by atoms with Crippen molar-refractivity contribution < 1.29 is 45.6 Å². The molecule has 0 bridgehead atoms. The van der Waals surface area contributed by atoms with Crippen LogP contribution in [-0.2, 0) is 13.0 Å². The normalized spacial score (nSPS) is 15.4. The van der Waals surface area contributed by atoms with E-state index in [2.05, 4.69) is 0 Å². The van der Waals surface area contributed by atoms with Gasteiger partial charge >= 0.3 is 0 Å². The summed E-state index contributed by atoms with van der Waals surface area (Å²) in [6, 6.07) is 5.96. The summed E-state index contributed by atoms with van der Waals surface area (Å²) in [6.07, 6.45) is 0.0583. The number of rotatable bonds is 2. The molecule has 3 aromatic carbocycles. The Morgan fingerprint density at radius 1 is 0.719 bits per heavy atom. The maximum absolute atomic E-state index is 13.3. The molecule has 1 amide bonds. The van der Waals surface area contributed by atoms with E-state index >= 15 is 0 Å². The van der Waals surface area contributed by atoms with Crippen molar-refractivity contribution in [2.24, 2.45) is 0 Å². The summed E-state index contributed by atoms with van der Waals surface area (Å²) < 4.78 is 0. The largest absolute Gasteiger partial charge is 0.508 e. The number of carbonyl (C=O) groups excluding carboxylic acids is 1. The van der Waals surface area contributed by atoms with Crippen LogP contribution in [-0.4, -0.2) is 51.7 Å². The number of fused-ring (bicyclic) bond motifs is 1. The minimum atomic E-state index is -0.841. The molecule has 1 unspecified atom stereocenters. The summed E-state index contributed by atoms with van der Waals surface area (Å²) in [5.74, 6) is -5.31. The number of carbonyl (C=O) groups is 1. The molecular weight excluding hydrogens is 422 g/mol. The van der Waals surface area contributed by atoms with E-state index in [1.807, 2.05) is 0 Å². The van der Waals surface area contributed by atoms with Gasteiger partial charge in [-0.25, -0.2) is 0 Å². The Morgan fingerprint density at radius 3 is 1.81 bits per heavy atom. The van der Waals surface area contributed by atoms with Crippen LogP contribution in [0.3, 0.4) is 0 Å². The number of aromatic hydroxyl groups is 8. The summed E-state index contributed by atoms with van der Waals surface area (Å²) in [7, 11) is 0. The third kappa shape index (κ3) is 3.37. The van der Waals surface area contributed by atoms with E-state index in [1.54, 1.807) is 0 Å². The lowest BCUT2D eigenvalue weighted by atomic mass is 9.88. The minimum absolute atomic E-state index is 0.0583. The van der Waals surface area contributed by atoms with E-state index < -0.39 is 46.4 Å². The average molecular weight is 441 g/mol. The Bertz CT molecular complexity index is 1210. The SMILES string of the molecule is O=C(c1cc(O)c(O)c(O)c1)N1Cc2c(O)cc(O)cc2CC1c1cc(O)c(O)c(O)c1. The van der Waals surface area contributed by atoms with E-state index in [0.717, 1.165) is 18.2 Å². The molecule has 10 nitrogen and oxygen atoms in total. The molecule has 0 saturated heterocycles. The molecule has 166 valence electrons. The highest BCUT2D eigenvalue weighted by Crippen LogP contribution is 2.44. The van der Waals surface area contributed by atoms with Crippen molar-refractivity contribution in [2.75, 3.05) is 0 Å². The number of hydrogen-bond donors (Lipinski definition) is 8. The summed E-state index contributed by atoms with van der Waals surface area (Å²) in [5, 5.41) is 78.9. The van der Waals surface area contributed by atoms with Gasteiger partial charge in [-0.3, -0.25) is 4.79 Å². The molecule has 0 aromatic heterocycles. The van der Waals surface area contributed by atoms with Crippen LogP contribution in [0.25, 0.3) is 0 Å². The fourth-order valence-corrected chi connectivity index (χ4v) is 3.89. The third-order valence-corrected chi connectivity index (χ3v) is 5.48. The second-order valence-corrected chi connectivity index (χ2v) is 7.53. The molecule has 4 rings (SSSR count). The van der Waals surface area contributed by atoms with Crippen LogP contribution in [0.4, 0.5) is 0 Å². The molecule has 0 radical (unpaired) electrons. The number of amides is 1. The van der Waals surface area contributed by atoms with Gasteiger partial charge in [0.25, 0.3) is 5.91 Å². The maximum atomic E-state index is 13.3. The Hall–Kier alpha value is -4.47. The van der Waals surface area contributed by atoms with Crippen molar-refractivity contribution in [1.82, 2.24) is 4.90 Å². The Labute approximate surface area is 180 Å². The third-order valence-electron chi connectivity index (χ3n) is 5.48. The predicted octanol–water partition coefficient (Wildman–Crippen LogP) is 2.27. The number of phenolic OH excluding ortho intramolecular Hbond substituents is 8. The topological polar surface area (TPSA) is 182 Å². The van der Waals surface area contributed by atoms with Crippen LogP contribution in [0.5, 0.6) is 46.0 Å². The first kappa shape index (κ1) is 20.8. The smallest absolute Gasteiger partial charge is 0.254 e. The van der Waals surface area contributed by atoms with E-state index in [-0.39, 0.29) is 35.6 Å². The quantitative estimate of drug-likeness (QED) is 0.277. The van der Waals surface area contributed by atoms with Gasteiger partial charge in [0.1, 0.15) is 11.5 Å². The summed E-state index contributed by atoms with van der Waals surface area (Å²) in [4.78, 5) is 14.6. The van der Waals surface area contributed by atoms with Crippen LogP contribution >= 0.6 is 0 Å². The molecule has 0 fully saturated rings. The molecule has 1 aliphatic rings. The van der Waals surface area contributed by atoms with Gasteiger partial charge in [0.05, 0.1) is 12.6 Å². The van der Waals surface area contributed by atoms with Crippen molar-refractivity contribution in [2.45, 2.75) is 19.0 Å². The second-order valence-electron chi connectivity index (χ2n) is 7.53. The van der Waals surface area contributed by atoms with Gasteiger partial charge in [-0.2, -0.15) is 0 Å². The van der Waals surface area contributed by atoms with Crippen LogP contribution in [0.15, 0.2) is 36.4 Å². The van der Waals surface area contributed by atoms with Gasteiger partial charge in [0.2, 0.25) is 0 Å². The Morgan fingerprint density at radius 2 is 1.25 bits per heavy atom. The lowest BCUT2D eigenvalue weighted by Crippen LogP contribution is -2.39.